The van der Waals surface area contributed by atoms with Gasteiger partial charge < -0.3 is 50.9 Å². The maximum atomic E-state index is 17.2. The molecule has 139 heavy (non-hydrogen) atoms. The zero-order chi connectivity index (χ0) is 99.9. The Morgan fingerprint density at radius 2 is 0.748 bits per heavy atom. The predicted molar refractivity (Wildman–Crippen MR) is 544 cm³/mol. The van der Waals surface area contributed by atoms with E-state index in [2.05, 4.69) is 26.6 Å². The SMILES string of the molecule is CC[C@H](CC(=O)[C@H](CC)NC(=O)[C@@H](CC(=O)[C@@H](C)CC(C)=O)Cc1ccccc1)C(=O)N[C@@H](CCC(=O)OC(C)(C)C)C(=O)C[C@@H](COC(C)(C)C)C(=O)N[C@@H](CSC(c1ccccc1)(c1ccccc1)c1ccccc1)C(=O)C[C@@H](CSC(c1ccccc1)(c1ccccc1)c1ccccc1)C(=O)N[C@@H](CC(=O)NC(c1ccccc1)(c1ccccc1)c1ccccc1)C(=O)N1CCC[C@H]1C(=O)O. The number of nitrogens with zero attached hydrogens (tertiary/aromatic N) is 1. The van der Waals surface area contributed by atoms with Crippen molar-refractivity contribution in [2.45, 2.75) is 209 Å². The summed E-state index contributed by atoms with van der Waals surface area (Å²) in [5, 5.41) is 26.1. The average Bonchev–Trinajstić information content (AvgIpc) is 0.880. The summed E-state index contributed by atoms with van der Waals surface area (Å²) in [4.78, 5) is 197. The van der Waals surface area contributed by atoms with E-state index in [1.54, 1.807) is 62.3 Å². The third kappa shape index (κ3) is 28.8. The number of esters is 1. The molecule has 0 aromatic heterocycles. The molecule has 1 heterocycles. The molecule has 6 amide bonds. The molecule has 0 unspecified atom stereocenters. The van der Waals surface area contributed by atoms with Crippen molar-refractivity contribution in [3.63, 3.8) is 0 Å². The van der Waals surface area contributed by atoms with E-state index in [1.807, 2.05) is 303 Å². The molecule has 1 fully saturated rings. The Morgan fingerprint density at radius 1 is 0.396 bits per heavy atom. The van der Waals surface area contributed by atoms with Crippen molar-refractivity contribution in [2.24, 2.45) is 29.6 Å². The summed E-state index contributed by atoms with van der Waals surface area (Å²) in [7, 11) is 0. The van der Waals surface area contributed by atoms with Crippen LogP contribution in [0.2, 0.25) is 0 Å². The van der Waals surface area contributed by atoms with E-state index in [0.29, 0.717) is 23.1 Å². The van der Waals surface area contributed by atoms with E-state index < -0.39 is 189 Å². The van der Waals surface area contributed by atoms with Crippen LogP contribution < -0.4 is 26.6 Å². The summed E-state index contributed by atoms with van der Waals surface area (Å²) in [5.74, 6) is -15.1. The van der Waals surface area contributed by atoms with Crippen LogP contribution in [-0.2, 0) is 93.3 Å². The molecule has 11 rings (SSSR count). The van der Waals surface area contributed by atoms with Gasteiger partial charge in [0.15, 0.2) is 17.3 Å². The summed E-state index contributed by atoms with van der Waals surface area (Å²) < 4.78 is 9.92. The molecule has 0 aliphatic carbocycles. The summed E-state index contributed by atoms with van der Waals surface area (Å²) >= 11 is 2.69. The number of hydrogen-bond donors (Lipinski definition) is 6. The number of carbonyl (C=O) groups is 13. The fourth-order valence-corrected chi connectivity index (χ4v) is 21.4. The fourth-order valence-electron chi connectivity index (χ4n) is 18.2. The van der Waals surface area contributed by atoms with Gasteiger partial charge in [-0.05, 0) is 143 Å². The van der Waals surface area contributed by atoms with E-state index in [9.17, 15) is 33.9 Å². The lowest BCUT2D eigenvalue weighted by atomic mass is 9.77. The van der Waals surface area contributed by atoms with Crippen LogP contribution in [0.3, 0.4) is 0 Å². The first kappa shape index (κ1) is 106. The minimum atomic E-state index is -1.78. The Kier molecular flexibility index (Phi) is 38.7. The number of Topliss-reactive ketones (excluding diaryl/α,β-unsaturated/α-hetero) is 5. The molecule has 24 heteroatoms. The highest BCUT2D eigenvalue weighted by molar-refractivity contribution is 8.01. The van der Waals surface area contributed by atoms with Gasteiger partial charge in [0.1, 0.15) is 34.8 Å². The van der Waals surface area contributed by atoms with Crippen LogP contribution in [0, 0.1) is 29.6 Å². The molecular weight excluding hydrogens is 1790 g/mol. The van der Waals surface area contributed by atoms with Crippen molar-refractivity contribution in [1.82, 2.24) is 31.5 Å². The largest absolute Gasteiger partial charge is 0.480 e. The van der Waals surface area contributed by atoms with Crippen LogP contribution in [0.5, 0.6) is 0 Å². The lowest BCUT2D eigenvalue weighted by molar-refractivity contribution is -0.155. The minimum absolute atomic E-state index is 0.00373. The normalized spacial score (nSPS) is 14.9. The van der Waals surface area contributed by atoms with Crippen LogP contribution in [-0.4, -0.2) is 152 Å². The van der Waals surface area contributed by atoms with Crippen LogP contribution in [0.15, 0.2) is 303 Å². The predicted octanol–water partition coefficient (Wildman–Crippen LogP) is 17.9. The Hall–Kier alpha value is -13.0. The number of nitrogens with one attached hydrogen (secondary N) is 5. The van der Waals surface area contributed by atoms with E-state index >= 15 is 33.6 Å². The van der Waals surface area contributed by atoms with Gasteiger partial charge in [-0.2, -0.15) is 0 Å². The summed E-state index contributed by atoms with van der Waals surface area (Å²) in [5.41, 5.74) is 4.10. The molecule has 10 aromatic rings. The molecule has 0 spiro atoms. The van der Waals surface area contributed by atoms with Gasteiger partial charge in [-0.25, -0.2) is 4.79 Å². The number of carboxylic acid groups (broad SMARTS) is 1. The molecule has 10 aromatic carbocycles. The van der Waals surface area contributed by atoms with E-state index in [1.165, 1.54) is 35.3 Å². The van der Waals surface area contributed by atoms with Crippen molar-refractivity contribution in [3.05, 3.63) is 359 Å². The second kappa shape index (κ2) is 50.5. The molecule has 0 radical (unpaired) electrons. The number of likely N-dealkylation sites (tertiary alicyclic amines) is 1. The number of carboxylic acids is 1. The van der Waals surface area contributed by atoms with E-state index in [0.717, 1.165) is 38.9 Å². The second-order valence-corrected chi connectivity index (χ2v) is 40.4. The molecule has 0 bridgehead atoms. The molecule has 6 N–H and O–H groups in total. The highest BCUT2D eigenvalue weighted by Gasteiger charge is 2.47. The highest BCUT2D eigenvalue weighted by atomic mass is 32.2. The van der Waals surface area contributed by atoms with Gasteiger partial charge >= 0.3 is 11.9 Å². The number of ketones is 5. The monoisotopic (exact) mass is 1910 g/mol. The summed E-state index contributed by atoms with van der Waals surface area (Å²) in [6.07, 6.45) is -2.77. The van der Waals surface area contributed by atoms with Crippen LogP contribution in [0.1, 0.15) is 202 Å². The first-order valence-corrected chi connectivity index (χ1v) is 50.0. The number of carbonyl (C=O) groups excluding carboxylic acids is 12. The number of amides is 6. The highest BCUT2D eigenvalue weighted by Crippen LogP contribution is 2.51. The summed E-state index contributed by atoms with van der Waals surface area (Å²) in [6.45, 7) is 16.3. The second-order valence-electron chi connectivity index (χ2n) is 37.9. The van der Waals surface area contributed by atoms with E-state index in [4.69, 9.17) is 9.47 Å². The Labute approximate surface area is 825 Å². The van der Waals surface area contributed by atoms with Crippen LogP contribution in [0.4, 0.5) is 0 Å². The average molecular weight is 1920 g/mol. The van der Waals surface area contributed by atoms with Gasteiger partial charge in [0.25, 0.3) is 0 Å². The number of ether oxygens (including phenoxy) is 2. The van der Waals surface area contributed by atoms with Crippen molar-refractivity contribution in [3.8, 4) is 0 Å². The van der Waals surface area contributed by atoms with Crippen LogP contribution >= 0.6 is 23.5 Å². The molecule has 22 nitrogen and oxygen atoms in total. The van der Waals surface area contributed by atoms with Crippen molar-refractivity contribution in [1.29, 1.82) is 0 Å². The minimum Gasteiger partial charge on any atom is -0.480 e. The van der Waals surface area contributed by atoms with Gasteiger partial charge in [0, 0.05) is 74.3 Å². The number of hydrogen-bond acceptors (Lipinski definition) is 17. The Balaban J connectivity index is 1.00. The third-order valence-corrected chi connectivity index (χ3v) is 28.7. The van der Waals surface area contributed by atoms with Gasteiger partial charge in [0.2, 0.25) is 35.4 Å². The van der Waals surface area contributed by atoms with Crippen molar-refractivity contribution >= 4 is 99.8 Å². The van der Waals surface area contributed by atoms with E-state index in [-0.39, 0.29) is 74.6 Å². The molecule has 728 valence electrons. The Bertz CT molecular complexity index is 5470. The number of thioether (sulfide) groups is 2. The van der Waals surface area contributed by atoms with Crippen molar-refractivity contribution < 1.29 is 76.9 Å². The third-order valence-electron chi connectivity index (χ3n) is 25.4. The fraction of sp³-hybridized carbons (Fsp3) is 0.365. The molecular formula is C115H130N6O16S2. The maximum absolute atomic E-state index is 17.2. The smallest absolute Gasteiger partial charge is 0.326 e. The van der Waals surface area contributed by atoms with Gasteiger partial charge in [-0.1, -0.05) is 324 Å². The topological polar surface area (TPSA) is 324 Å². The number of rotatable bonds is 51. The zero-order valence-corrected chi connectivity index (χ0v) is 82.6. The molecule has 10 atom stereocenters. The first-order chi connectivity index (χ1) is 66.7. The van der Waals surface area contributed by atoms with Crippen LogP contribution in [0.25, 0.3) is 0 Å². The molecule has 1 saturated heterocycles. The van der Waals surface area contributed by atoms with Gasteiger partial charge in [-0.15, -0.1) is 23.5 Å². The molecule has 1 aliphatic heterocycles. The molecule has 0 saturated carbocycles. The van der Waals surface area contributed by atoms with Gasteiger partial charge in [-0.3, -0.25) is 52.7 Å². The van der Waals surface area contributed by atoms with Gasteiger partial charge in [0.05, 0.1) is 58.1 Å². The summed E-state index contributed by atoms with van der Waals surface area (Å²) in [6, 6.07) is 87.7. The van der Waals surface area contributed by atoms with Crippen molar-refractivity contribution in [2.75, 3.05) is 24.7 Å². The maximum Gasteiger partial charge on any atom is 0.326 e. The lowest BCUT2D eigenvalue weighted by Gasteiger charge is -2.38. The zero-order valence-electron chi connectivity index (χ0n) is 81.0. The Morgan fingerprint density at radius 3 is 1.16 bits per heavy atom. The molecule has 1 aliphatic rings. The quantitative estimate of drug-likeness (QED) is 0.0152. The first-order valence-electron chi connectivity index (χ1n) is 48.0. The lowest BCUT2D eigenvalue weighted by Crippen LogP contribution is -2.56. The standard InChI is InChI=1S/C115H130N6O16S2/c1-11-81(70-100(124)94(12-2)116-106(130)82(69-80-44-23-13-24-45-80)71-99(123)78(3)68-79(4)122)105(129)117-95(65-66-104(128)137-112(8,9)10)101(125)72-83(75-136-111(5,6)7)107(131)119-97(77-139-115(91-58-37-20-38-59-91,92-60-39-21-40-61-92)93-62-41-22-42-63-93)102(126)73-84(76-138-114(88-52-31-17-32-53-88,89-54-33-18-34-55-89)90-56-35-19-36-57-90)108(132)118-96(109(133)121-67-43-64-98(121)110(134)135)74-103(127)120-113(85-46-25-14-26-47-85,86-48-27-15-28-49-86)87-50-29-16-30-51-87/h13-42,44-63,78,81-84,94-98H,11-12,43,64-77H2,1-10H3,(H,116,130)(H,117,129)(H,118,132)(H,119,131)(H,120,127)(H,134,135)/t78-,81+,82+,83-,84-,94-,95-,96-,97-,98-/m0/s1. The number of benzene rings is 10. The number of aliphatic carboxylic acids is 1.